The number of hydrogen-bond acceptors (Lipinski definition) is 2. The molecular weight excluding hydrogens is 1530 g/mol. The van der Waals surface area contributed by atoms with E-state index in [4.69, 9.17) is 0 Å². The average molecular weight is 1620 g/mol. The predicted octanol–water partition coefficient (Wildman–Crippen LogP) is 31.6. The van der Waals surface area contributed by atoms with Gasteiger partial charge in [-0.1, -0.05) is 298 Å². The Hall–Kier alpha value is -14.8. The van der Waals surface area contributed by atoms with Crippen LogP contribution in [-0.2, 0) is 10.8 Å². The summed E-state index contributed by atoms with van der Waals surface area (Å²) in [5.74, 6) is 0. The van der Waals surface area contributed by atoms with Crippen molar-refractivity contribution < 1.29 is 0 Å². The summed E-state index contributed by atoms with van der Waals surface area (Å²) in [6, 6.07) is 155. The van der Waals surface area contributed by atoms with Gasteiger partial charge in [-0.2, -0.15) is 0 Å². The van der Waals surface area contributed by atoms with Gasteiger partial charge in [-0.3, -0.25) is 0 Å². The molecule has 0 atom stereocenters. The number of H-pyrrole nitrogens is 1. The first kappa shape index (κ1) is 72.7. The Morgan fingerprint density at radius 1 is 0.231 bits per heavy atom. The van der Waals surface area contributed by atoms with E-state index >= 15 is 0 Å². The highest BCUT2D eigenvalue weighted by molar-refractivity contribution is 9.10. The molecular formula is C114H83BrN6. The largest absolute Gasteiger partial charge is 0.354 e. The molecule has 0 radical (unpaired) electrons. The van der Waals surface area contributed by atoms with Gasteiger partial charge in [-0.15, -0.1) is 0 Å². The Balaban J connectivity index is 0.000000135. The SMILES string of the molecule is Brc1ccccc1.CC1(C)c2ccccc2-c2ccc(N(c3ccccc3)c3cc(-c4ccc5c(c4)c4ccccc4n5-c4ccccc4)c4[nH]c5ccccc5c4c3)cc21.CC1(C)c2ccccc2-c2ccc(N(c3ccccc3)c3cc(-c4ccc5c(c4)c4ccccc4n5-c4ccccc4)c4c(c3)c3ccccc3n4-c3ccccc3)cc21. The lowest BCUT2D eigenvalue weighted by molar-refractivity contribution is 0.660. The van der Waals surface area contributed by atoms with Crippen LogP contribution in [0.5, 0.6) is 0 Å². The Kier molecular flexibility index (Phi) is 17.7. The zero-order valence-corrected chi connectivity index (χ0v) is 69.1. The zero-order valence-electron chi connectivity index (χ0n) is 67.5. The van der Waals surface area contributed by atoms with E-state index in [0.717, 1.165) is 66.7 Å². The molecule has 4 aromatic heterocycles. The maximum Gasteiger partial charge on any atom is 0.0621 e. The van der Waals surface area contributed by atoms with E-state index in [1.165, 1.54) is 143 Å². The van der Waals surface area contributed by atoms with Crippen molar-refractivity contribution >= 4 is 137 Å². The molecule has 0 fully saturated rings. The minimum absolute atomic E-state index is 0.107. The molecule has 0 aliphatic heterocycles. The predicted molar refractivity (Wildman–Crippen MR) is 515 cm³/mol. The number of nitrogens with one attached hydrogen (secondary N) is 1. The van der Waals surface area contributed by atoms with Crippen LogP contribution in [0.4, 0.5) is 34.1 Å². The van der Waals surface area contributed by atoms with Gasteiger partial charge in [0.15, 0.2) is 0 Å². The van der Waals surface area contributed by atoms with Gasteiger partial charge in [0, 0.05) is 126 Å². The lowest BCUT2D eigenvalue weighted by Gasteiger charge is -2.29. The van der Waals surface area contributed by atoms with E-state index in [1.54, 1.807) is 0 Å². The second-order valence-electron chi connectivity index (χ2n) is 32.9. The monoisotopic (exact) mass is 1610 g/mol. The number of fused-ring (bicyclic) bond motifs is 18. The van der Waals surface area contributed by atoms with E-state index in [9.17, 15) is 0 Å². The van der Waals surface area contributed by atoms with Crippen molar-refractivity contribution in [1.82, 2.24) is 18.7 Å². The summed E-state index contributed by atoms with van der Waals surface area (Å²) in [6.07, 6.45) is 0. The summed E-state index contributed by atoms with van der Waals surface area (Å²) >= 11 is 3.31. The number of halogens is 1. The number of anilines is 6. The van der Waals surface area contributed by atoms with Gasteiger partial charge >= 0.3 is 0 Å². The number of nitrogens with zero attached hydrogens (tertiary/aromatic N) is 5. The molecule has 6 nitrogen and oxygen atoms in total. The number of hydrogen-bond donors (Lipinski definition) is 1. The highest BCUT2D eigenvalue weighted by Gasteiger charge is 2.38. The fourth-order valence-corrected chi connectivity index (χ4v) is 20.0. The molecule has 1 N–H and O–H groups in total. The topological polar surface area (TPSA) is 37.1 Å². The second kappa shape index (κ2) is 29.4. The van der Waals surface area contributed by atoms with Crippen molar-refractivity contribution in [1.29, 1.82) is 0 Å². The van der Waals surface area contributed by atoms with Crippen LogP contribution in [0.25, 0.3) is 149 Å². The van der Waals surface area contributed by atoms with Gasteiger partial charge < -0.3 is 28.5 Å². The van der Waals surface area contributed by atoms with Crippen molar-refractivity contribution in [3.05, 3.63) is 451 Å². The summed E-state index contributed by atoms with van der Waals surface area (Å²) in [7, 11) is 0. The summed E-state index contributed by atoms with van der Waals surface area (Å²) in [6.45, 7) is 9.44. The summed E-state index contributed by atoms with van der Waals surface area (Å²) in [5, 5.41) is 9.81. The summed E-state index contributed by atoms with van der Waals surface area (Å²) < 4.78 is 8.37. The summed E-state index contributed by atoms with van der Waals surface area (Å²) in [4.78, 5) is 8.73. The van der Waals surface area contributed by atoms with Crippen LogP contribution in [0.2, 0.25) is 0 Å². The van der Waals surface area contributed by atoms with E-state index in [2.05, 4.69) is 466 Å². The third kappa shape index (κ3) is 12.2. The standard InChI is InChI=1S/C57H41N3.C51H37N3.C6H5Br/c1-57(2)51-27-15-12-24-44(51)45-32-31-42(37-52(45)57)58(39-18-6-3-7-19-39)43-35-48(56-50(36-43)47-26-14-17-29-54(47)60(56)41-22-10-5-11-23-41)38-30-33-55-49(34-38)46-25-13-16-28-53(46)59(55)40-20-8-4-9-21-40;1-51(2)45-22-12-9-19-38(45)39-27-26-36(32-46(39)51)53(34-15-5-3-6-16-34)37-30-42(50-44(31-37)40-20-10-13-23-47(40)52-50)33-25-28-49-43(29-33)41-21-11-14-24-48(41)54(49)35-17-7-4-8-18-35;7-6-4-2-1-3-5-6/h3-37H,1-2H3;3-32,52H,1-2H3;1-5H. The Labute approximate surface area is 712 Å². The van der Waals surface area contributed by atoms with Crippen LogP contribution in [0.1, 0.15) is 49.9 Å². The van der Waals surface area contributed by atoms with E-state index in [1.807, 2.05) is 30.3 Å². The van der Waals surface area contributed by atoms with Gasteiger partial charge in [0.1, 0.15) is 0 Å². The maximum atomic E-state index is 3.84. The lowest BCUT2D eigenvalue weighted by Crippen LogP contribution is -2.16. The van der Waals surface area contributed by atoms with Gasteiger partial charge in [-0.25, -0.2) is 0 Å². The Morgan fingerprint density at radius 3 is 1.06 bits per heavy atom. The molecule has 7 heteroatoms. The molecule has 2 aliphatic rings. The lowest BCUT2D eigenvalue weighted by atomic mass is 9.82. The number of aromatic amines is 1. The Morgan fingerprint density at radius 2 is 0.587 bits per heavy atom. The third-order valence-electron chi connectivity index (χ3n) is 25.3. The van der Waals surface area contributed by atoms with Gasteiger partial charge in [-0.05, 0) is 225 Å². The average Bonchev–Trinajstić information content (AvgIpc) is 0.794. The molecule has 121 heavy (non-hydrogen) atoms. The molecule has 0 amide bonds. The quantitative estimate of drug-likeness (QED) is 0.140. The molecule has 22 aromatic rings. The van der Waals surface area contributed by atoms with Crippen molar-refractivity contribution in [3.8, 4) is 61.6 Å². The third-order valence-corrected chi connectivity index (χ3v) is 25.8. The molecule has 0 spiro atoms. The van der Waals surface area contributed by atoms with Crippen LogP contribution in [0.15, 0.2) is 429 Å². The van der Waals surface area contributed by atoms with E-state index in [0.29, 0.717) is 0 Å². The molecule has 4 heterocycles. The van der Waals surface area contributed by atoms with Gasteiger partial charge in [0.2, 0.25) is 0 Å². The smallest absolute Gasteiger partial charge is 0.0621 e. The first-order valence-electron chi connectivity index (χ1n) is 41.7. The van der Waals surface area contributed by atoms with Crippen LogP contribution < -0.4 is 9.80 Å². The number of benzene rings is 18. The first-order chi connectivity index (χ1) is 59.5. The highest BCUT2D eigenvalue weighted by atomic mass is 79.9. The number of para-hydroxylation sites is 9. The number of aromatic nitrogens is 4. The van der Waals surface area contributed by atoms with Crippen LogP contribution in [0, 0.1) is 0 Å². The minimum Gasteiger partial charge on any atom is -0.354 e. The minimum atomic E-state index is -0.128. The molecule has 0 unspecified atom stereocenters. The zero-order chi connectivity index (χ0) is 81.0. The highest BCUT2D eigenvalue weighted by Crippen LogP contribution is 2.55. The van der Waals surface area contributed by atoms with Crippen molar-refractivity contribution in [3.63, 3.8) is 0 Å². The molecule has 2 aliphatic carbocycles. The molecule has 0 saturated carbocycles. The summed E-state index contributed by atoms with van der Waals surface area (Å²) in [5.41, 5.74) is 34.9. The Bertz CT molecular complexity index is 7770. The van der Waals surface area contributed by atoms with Crippen molar-refractivity contribution in [2.24, 2.45) is 0 Å². The maximum absolute atomic E-state index is 3.84. The van der Waals surface area contributed by atoms with Crippen LogP contribution in [-0.4, -0.2) is 18.7 Å². The molecule has 576 valence electrons. The van der Waals surface area contributed by atoms with Gasteiger partial charge in [0.05, 0.1) is 38.6 Å². The van der Waals surface area contributed by atoms with Crippen LogP contribution in [0.3, 0.4) is 0 Å². The molecule has 0 saturated heterocycles. The normalized spacial score (nSPS) is 12.8. The number of rotatable bonds is 11. The fraction of sp³-hybridized carbons (Fsp3) is 0.0526. The van der Waals surface area contributed by atoms with E-state index in [-0.39, 0.29) is 10.8 Å². The second-order valence-corrected chi connectivity index (χ2v) is 33.9. The molecule has 0 bridgehead atoms. The van der Waals surface area contributed by atoms with Crippen molar-refractivity contribution in [2.75, 3.05) is 9.80 Å². The fourth-order valence-electron chi connectivity index (χ4n) is 19.7. The van der Waals surface area contributed by atoms with Crippen molar-refractivity contribution in [2.45, 2.75) is 38.5 Å². The molecule has 24 rings (SSSR count). The first-order valence-corrected chi connectivity index (χ1v) is 42.5. The molecule has 18 aromatic carbocycles. The van der Waals surface area contributed by atoms with Gasteiger partial charge in [0.25, 0.3) is 0 Å². The van der Waals surface area contributed by atoms with E-state index < -0.39 is 0 Å². The van der Waals surface area contributed by atoms with Crippen LogP contribution >= 0.6 is 15.9 Å².